The molecule has 1 aliphatic heterocycles. The van der Waals surface area contributed by atoms with Crippen molar-refractivity contribution in [2.75, 3.05) is 18.4 Å². The summed E-state index contributed by atoms with van der Waals surface area (Å²) < 4.78 is 0. The third-order valence-corrected chi connectivity index (χ3v) is 4.67. The van der Waals surface area contributed by atoms with Gasteiger partial charge in [-0.05, 0) is 37.6 Å². The predicted molar refractivity (Wildman–Crippen MR) is 114 cm³/mol. The Morgan fingerprint density at radius 3 is 2.46 bits per heavy atom. The number of nitrogens with two attached hydrogens (primary N) is 1. The summed E-state index contributed by atoms with van der Waals surface area (Å²) in [5.74, 6) is 0.0603. The van der Waals surface area contributed by atoms with Crippen LogP contribution in [0.15, 0.2) is 54.6 Å². The van der Waals surface area contributed by atoms with Crippen molar-refractivity contribution in [3.8, 4) is 0 Å². The summed E-state index contributed by atoms with van der Waals surface area (Å²) in [6.45, 7) is 4.89. The lowest BCUT2D eigenvalue weighted by Crippen LogP contribution is -2.34. The van der Waals surface area contributed by atoms with Gasteiger partial charge in [-0.25, -0.2) is 4.79 Å². The average molecular weight is 403 g/mol. The maximum atomic E-state index is 12.9. The molecule has 0 unspecified atom stereocenters. The molecule has 2 aromatic carbocycles. The molecule has 3 amide bonds. The molecule has 2 atom stereocenters. The van der Waals surface area contributed by atoms with Crippen molar-refractivity contribution in [3.63, 3.8) is 0 Å². The number of amides is 3. The maximum absolute atomic E-state index is 12.9. The number of likely N-dealkylation sites (tertiary alicyclic amines) is 1. The minimum absolute atomic E-state index is 0. The second kappa shape index (κ2) is 9.57. The molecule has 28 heavy (non-hydrogen) atoms. The Kier molecular flexibility index (Phi) is 7.43. The fourth-order valence-electron chi connectivity index (χ4n) is 3.39. The van der Waals surface area contributed by atoms with Crippen molar-refractivity contribution >= 4 is 30.0 Å². The number of rotatable bonds is 4. The Bertz CT molecular complexity index is 813. The molecular weight excluding hydrogens is 376 g/mol. The van der Waals surface area contributed by atoms with Gasteiger partial charge >= 0.3 is 6.03 Å². The van der Waals surface area contributed by atoms with Crippen molar-refractivity contribution in [2.24, 2.45) is 5.73 Å². The lowest BCUT2D eigenvalue weighted by molar-refractivity contribution is 0.0789. The van der Waals surface area contributed by atoms with Crippen LogP contribution in [0.3, 0.4) is 0 Å². The van der Waals surface area contributed by atoms with E-state index in [0.717, 1.165) is 5.56 Å². The van der Waals surface area contributed by atoms with E-state index in [1.165, 1.54) is 0 Å². The molecule has 0 aromatic heterocycles. The highest BCUT2D eigenvalue weighted by Crippen LogP contribution is 2.27. The number of carbonyl (C=O) groups excluding carboxylic acids is 2. The van der Waals surface area contributed by atoms with E-state index < -0.39 is 0 Å². The van der Waals surface area contributed by atoms with Crippen molar-refractivity contribution < 1.29 is 9.59 Å². The van der Waals surface area contributed by atoms with E-state index in [9.17, 15) is 9.59 Å². The van der Waals surface area contributed by atoms with Gasteiger partial charge in [0, 0.05) is 42.3 Å². The number of hydrogen-bond donors (Lipinski definition) is 3. The molecule has 1 aliphatic rings. The SMILES string of the molecule is CC(C)NC(=O)Nc1cccc(C(=O)N2C[C@@H](N)[C@H](c3ccccc3)C2)c1.Cl. The Morgan fingerprint density at radius 2 is 1.79 bits per heavy atom. The molecule has 7 heteroatoms. The van der Waals surface area contributed by atoms with Gasteiger partial charge in [0.25, 0.3) is 5.91 Å². The van der Waals surface area contributed by atoms with Crippen LogP contribution in [-0.4, -0.2) is 42.0 Å². The molecule has 0 aliphatic carbocycles. The van der Waals surface area contributed by atoms with Gasteiger partial charge in [0.1, 0.15) is 0 Å². The van der Waals surface area contributed by atoms with Crippen LogP contribution in [0.4, 0.5) is 10.5 Å². The lowest BCUT2D eigenvalue weighted by atomic mass is 9.95. The Labute approximate surface area is 171 Å². The Morgan fingerprint density at radius 1 is 1.07 bits per heavy atom. The van der Waals surface area contributed by atoms with E-state index in [4.69, 9.17) is 5.73 Å². The van der Waals surface area contributed by atoms with Crippen LogP contribution in [0.5, 0.6) is 0 Å². The van der Waals surface area contributed by atoms with E-state index in [1.807, 2.05) is 32.0 Å². The molecule has 1 heterocycles. The molecule has 0 bridgehead atoms. The minimum Gasteiger partial charge on any atom is -0.336 e. The summed E-state index contributed by atoms with van der Waals surface area (Å²) in [7, 11) is 0. The van der Waals surface area contributed by atoms with Gasteiger partial charge in [-0.15, -0.1) is 12.4 Å². The first-order valence-corrected chi connectivity index (χ1v) is 9.21. The first kappa shape index (κ1) is 21.7. The third-order valence-electron chi connectivity index (χ3n) is 4.67. The summed E-state index contributed by atoms with van der Waals surface area (Å²) in [6, 6.07) is 16.7. The molecule has 0 radical (unpaired) electrons. The van der Waals surface area contributed by atoms with Gasteiger partial charge in [0.05, 0.1) is 0 Å². The van der Waals surface area contributed by atoms with Crippen LogP contribution in [0, 0.1) is 0 Å². The number of carbonyl (C=O) groups is 2. The topological polar surface area (TPSA) is 87.5 Å². The van der Waals surface area contributed by atoms with E-state index >= 15 is 0 Å². The van der Waals surface area contributed by atoms with Crippen LogP contribution in [0.25, 0.3) is 0 Å². The van der Waals surface area contributed by atoms with E-state index in [0.29, 0.717) is 24.3 Å². The van der Waals surface area contributed by atoms with Crippen molar-refractivity contribution in [1.29, 1.82) is 0 Å². The summed E-state index contributed by atoms with van der Waals surface area (Å²) in [5, 5.41) is 5.52. The smallest absolute Gasteiger partial charge is 0.319 e. The van der Waals surface area contributed by atoms with Crippen LogP contribution in [0.2, 0.25) is 0 Å². The number of urea groups is 1. The maximum Gasteiger partial charge on any atom is 0.319 e. The van der Waals surface area contributed by atoms with Crippen molar-refractivity contribution in [2.45, 2.75) is 31.8 Å². The van der Waals surface area contributed by atoms with Gasteiger partial charge in [0.15, 0.2) is 0 Å². The molecule has 4 N–H and O–H groups in total. The zero-order valence-corrected chi connectivity index (χ0v) is 16.9. The van der Waals surface area contributed by atoms with E-state index in [1.54, 1.807) is 29.2 Å². The second-order valence-electron chi connectivity index (χ2n) is 7.23. The molecule has 150 valence electrons. The molecule has 6 nitrogen and oxygen atoms in total. The third kappa shape index (κ3) is 5.24. The van der Waals surface area contributed by atoms with Gasteiger partial charge < -0.3 is 21.3 Å². The van der Waals surface area contributed by atoms with Crippen molar-refractivity contribution in [3.05, 3.63) is 65.7 Å². The molecule has 0 saturated carbocycles. The number of nitrogens with one attached hydrogen (secondary N) is 2. The molecule has 1 saturated heterocycles. The summed E-state index contributed by atoms with van der Waals surface area (Å²) in [6.07, 6.45) is 0. The number of halogens is 1. The van der Waals surface area contributed by atoms with Crippen LogP contribution in [-0.2, 0) is 0 Å². The molecule has 1 fully saturated rings. The second-order valence-corrected chi connectivity index (χ2v) is 7.23. The highest BCUT2D eigenvalue weighted by molar-refractivity contribution is 5.97. The molecule has 2 aromatic rings. The van der Waals surface area contributed by atoms with Gasteiger partial charge in [-0.3, -0.25) is 4.79 Å². The molecule has 3 rings (SSSR count). The monoisotopic (exact) mass is 402 g/mol. The van der Waals surface area contributed by atoms with E-state index in [-0.39, 0.29) is 42.3 Å². The van der Waals surface area contributed by atoms with Crippen LogP contribution < -0.4 is 16.4 Å². The zero-order valence-electron chi connectivity index (χ0n) is 16.1. The average Bonchev–Trinajstić information content (AvgIpc) is 3.03. The fourth-order valence-corrected chi connectivity index (χ4v) is 3.39. The fraction of sp³-hybridized carbons (Fsp3) is 0.333. The van der Waals surface area contributed by atoms with Gasteiger partial charge in [-0.2, -0.15) is 0 Å². The predicted octanol–water partition coefficient (Wildman–Crippen LogP) is 3.21. The molecule has 0 spiro atoms. The highest BCUT2D eigenvalue weighted by Gasteiger charge is 2.34. The number of anilines is 1. The highest BCUT2D eigenvalue weighted by atomic mass is 35.5. The Balaban J connectivity index is 0.00000280. The summed E-state index contributed by atoms with van der Waals surface area (Å²) in [5.41, 5.74) is 8.58. The quantitative estimate of drug-likeness (QED) is 0.733. The van der Waals surface area contributed by atoms with Crippen molar-refractivity contribution in [1.82, 2.24) is 10.2 Å². The number of hydrogen-bond acceptors (Lipinski definition) is 3. The summed E-state index contributed by atoms with van der Waals surface area (Å²) in [4.78, 5) is 26.6. The normalized spacial score (nSPS) is 18.5. The lowest BCUT2D eigenvalue weighted by Gasteiger charge is -2.17. The first-order valence-electron chi connectivity index (χ1n) is 9.21. The summed E-state index contributed by atoms with van der Waals surface area (Å²) >= 11 is 0. The Hall–Kier alpha value is -2.57. The van der Waals surface area contributed by atoms with E-state index in [2.05, 4.69) is 22.8 Å². The first-order chi connectivity index (χ1) is 12.9. The minimum atomic E-state index is -0.290. The van der Waals surface area contributed by atoms with Crippen LogP contribution in [0.1, 0.15) is 35.7 Å². The standard InChI is InChI=1S/C21H26N4O2.ClH/c1-14(2)23-21(27)24-17-10-6-9-16(11-17)20(26)25-12-18(19(22)13-25)15-7-4-3-5-8-15;/h3-11,14,18-19H,12-13,22H2,1-2H3,(H2,23,24,27);1H/t18-,19+;/m0./s1. The van der Waals surface area contributed by atoms with Gasteiger partial charge in [-0.1, -0.05) is 36.4 Å². The largest absolute Gasteiger partial charge is 0.336 e. The van der Waals surface area contributed by atoms with Crippen LogP contribution >= 0.6 is 12.4 Å². The number of benzene rings is 2. The zero-order chi connectivity index (χ0) is 19.4. The van der Waals surface area contributed by atoms with Gasteiger partial charge in [0.2, 0.25) is 0 Å². The molecular formula is C21H27ClN4O2. The number of nitrogens with zero attached hydrogens (tertiary/aromatic N) is 1.